The minimum Gasteiger partial charge on any atom is -0.314 e. The lowest BCUT2D eigenvalue weighted by molar-refractivity contribution is -0.241. The number of amides is 1. The molecule has 7 nitrogen and oxygen atoms in total. The van der Waals surface area contributed by atoms with E-state index < -0.39 is 12.1 Å². The van der Waals surface area contributed by atoms with Crippen molar-refractivity contribution in [2.75, 3.05) is 0 Å². The van der Waals surface area contributed by atoms with Crippen LogP contribution in [0.1, 0.15) is 63.0 Å². The van der Waals surface area contributed by atoms with Crippen molar-refractivity contribution in [3.05, 3.63) is 46.8 Å². The van der Waals surface area contributed by atoms with Gasteiger partial charge in [0.2, 0.25) is 5.91 Å². The number of nitrogens with zero attached hydrogens (tertiary/aromatic N) is 1. The molecule has 190 valence electrons. The third kappa shape index (κ3) is 5.04. The molecule has 5 rings (SSSR count). The lowest BCUT2D eigenvalue weighted by atomic mass is 9.65. The lowest BCUT2D eigenvalue weighted by Gasteiger charge is -2.42. The summed E-state index contributed by atoms with van der Waals surface area (Å²) in [5.41, 5.74) is 6.29. The SMILES string of the molecule is CC(C)C1CC(=O)NC2=C1C(C1CC(c3cccc(CNC4CC4)c3)C1)NN2OC(=O)C(F)(F)F. The van der Waals surface area contributed by atoms with E-state index in [0.29, 0.717) is 12.0 Å². The Hall–Kier alpha value is -2.59. The average molecular weight is 493 g/mol. The predicted octanol–water partition coefficient (Wildman–Crippen LogP) is 3.65. The number of carbonyl (C=O) groups is 2. The molecule has 4 aliphatic rings. The van der Waals surface area contributed by atoms with Crippen LogP contribution in [0.4, 0.5) is 13.2 Å². The Morgan fingerprint density at radius 3 is 2.66 bits per heavy atom. The predicted molar refractivity (Wildman–Crippen MR) is 121 cm³/mol. The number of halogens is 3. The molecule has 10 heteroatoms. The van der Waals surface area contributed by atoms with E-state index in [1.165, 1.54) is 24.0 Å². The Balaban J connectivity index is 1.31. The third-order valence-electron chi connectivity index (χ3n) is 7.58. The largest absolute Gasteiger partial charge is 0.493 e. The molecule has 35 heavy (non-hydrogen) atoms. The highest BCUT2D eigenvalue weighted by Crippen LogP contribution is 2.49. The van der Waals surface area contributed by atoms with Gasteiger partial charge in [-0.05, 0) is 66.1 Å². The molecule has 2 heterocycles. The zero-order valence-electron chi connectivity index (χ0n) is 19.8. The molecule has 2 unspecified atom stereocenters. The summed E-state index contributed by atoms with van der Waals surface area (Å²) in [7, 11) is 0. The summed E-state index contributed by atoms with van der Waals surface area (Å²) in [6.07, 6.45) is -0.701. The fraction of sp³-hybridized carbons (Fsp3) is 0.600. The van der Waals surface area contributed by atoms with Gasteiger partial charge in [0.15, 0.2) is 5.82 Å². The van der Waals surface area contributed by atoms with Gasteiger partial charge < -0.3 is 15.5 Å². The molecule has 2 fully saturated rings. The highest BCUT2D eigenvalue weighted by atomic mass is 19.4. The van der Waals surface area contributed by atoms with Crippen LogP contribution in [0.25, 0.3) is 0 Å². The number of hydrogen-bond donors (Lipinski definition) is 3. The van der Waals surface area contributed by atoms with Crippen LogP contribution in [-0.4, -0.2) is 35.3 Å². The number of nitrogens with one attached hydrogen (secondary N) is 3. The zero-order chi connectivity index (χ0) is 24.9. The van der Waals surface area contributed by atoms with E-state index in [4.69, 9.17) is 0 Å². The van der Waals surface area contributed by atoms with Gasteiger partial charge in [-0.15, -0.1) is 5.17 Å². The summed E-state index contributed by atoms with van der Waals surface area (Å²) in [6, 6.07) is 8.89. The fourth-order valence-corrected chi connectivity index (χ4v) is 5.42. The Kier molecular flexibility index (Phi) is 6.29. The molecule has 0 saturated heterocycles. The van der Waals surface area contributed by atoms with E-state index in [0.717, 1.165) is 30.1 Å². The van der Waals surface area contributed by atoms with Gasteiger partial charge in [-0.25, -0.2) is 4.79 Å². The molecule has 0 spiro atoms. The summed E-state index contributed by atoms with van der Waals surface area (Å²) in [4.78, 5) is 28.5. The Bertz CT molecular complexity index is 1030. The Labute approximate surface area is 202 Å². The highest BCUT2D eigenvalue weighted by Gasteiger charge is 2.51. The molecule has 2 atom stereocenters. The van der Waals surface area contributed by atoms with Gasteiger partial charge in [0.1, 0.15) is 0 Å². The monoisotopic (exact) mass is 492 g/mol. The van der Waals surface area contributed by atoms with Crippen molar-refractivity contribution in [2.24, 2.45) is 17.8 Å². The zero-order valence-corrected chi connectivity index (χ0v) is 19.8. The maximum Gasteiger partial charge on any atom is 0.493 e. The number of rotatable bonds is 7. The van der Waals surface area contributed by atoms with Crippen LogP contribution in [-0.2, 0) is 21.0 Å². The van der Waals surface area contributed by atoms with E-state index in [1.54, 1.807) is 0 Å². The molecule has 0 aromatic heterocycles. The normalized spacial score (nSPS) is 28.6. The molecule has 2 aliphatic heterocycles. The first-order chi connectivity index (χ1) is 16.6. The van der Waals surface area contributed by atoms with Gasteiger partial charge in [-0.3, -0.25) is 4.79 Å². The number of alkyl halides is 3. The molecule has 3 N–H and O–H groups in total. The van der Waals surface area contributed by atoms with Crippen molar-refractivity contribution in [2.45, 2.75) is 76.7 Å². The van der Waals surface area contributed by atoms with Crippen LogP contribution in [0.5, 0.6) is 0 Å². The Morgan fingerprint density at radius 2 is 2.00 bits per heavy atom. The maximum absolute atomic E-state index is 12.9. The fourth-order valence-electron chi connectivity index (χ4n) is 5.42. The van der Waals surface area contributed by atoms with Crippen LogP contribution in [0.2, 0.25) is 0 Å². The first-order valence-corrected chi connectivity index (χ1v) is 12.3. The van der Waals surface area contributed by atoms with Crippen molar-refractivity contribution in [1.29, 1.82) is 0 Å². The minimum atomic E-state index is -5.14. The van der Waals surface area contributed by atoms with E-state index >= 15 is 0 Å². The van der Waals surface area contributed by atoms with Crippen molar-refractivity contribution < 1.29 is 27.6 Å². The van der Waals surface area contributed by atoms with Crippen LogP contribution in [0.3, 0.4) is 0 Å². The summed E-state index contributed by atoms with van der Waals surface area (Å²) in [6.45, 7) is 4.82. The third-order valence-corrected chi connectivity index (χ3v) is 7.58. The van der Waals surface area contributed by atoms with E-state index in [9.17, 15) is 22.8 Å². The van der Waals surface area contributed by atoms with Crippen LogP contribution in [0.15, 0.2) is 35.7 Å². The van der Waals surface area contributed by atoms with Gasteiger partial charge in [-0.2, -0.15) is 18.6 Å². The van der Waals surface area contributed by atoms with Gasteiger partial charge in [0, 0.05) is 19.0 Å². The molecule has 0 radical (unpaired) electrons. The second kappa shape index (κ2) is 9.13. The van der Waals surface area contributed by atoms with Crippen LogP contribution < -0.4 is 16.1 Å². The van der Waals surface area contributed by atoms with Crippen LogP contribution >= 0.6 is 0 Å². The molecule has 1 aromatic carbocycles. The number of hydroxylamine groups is 1. The van der Waals surface area contributed by atoms with Gasteiger partial charge in [-0.1, -0.05) is 38.1 Å². The maximum atomic E-state index is 12.9. The molecule has 0 bridgehead atoms. The molecule has 2 saturated carbocycles. The van der Waals surface area contributed by atoms with Gasteiger partial charge in [0.25, 0.3) is 0 Å². The van der Waals surface area contributed by atoms with Gasteiger partial charge >= 0.3 is 12.1 Å². The number of hydrazine groups is 1. The summed E-state index contributed by atoms with van der Waals surface area (Å²) in [5, 5.41) is 6.89. The highest BCUT2D eigenvalue weighted by molar-refractivity contribution is 5.81. The molecular weight excluding hydrogens is 461 g/mol. The molecule has 1 aromatic rings. The Morgan fingerprint density at radius 1 is 1.26 bits per heavy atom. The summed E-state index contributed by atoms with van der Waals surface area (Å²) < 4.78 is 38.6. The van der Waals surface area contributed by atoms with Crippen molar-refractivity contribution in [3.8, 4) is 0 Å². The number of hydrogen-bond acceptors (Lipinski definition) is 6. The number of carbonyl (C=O) groups excluding carboxylic acids is 2. The van der Waals surface area contributed by atoms with Crippen molar-refractivity contribution in [1.82, 2.24) is 21.2 Å². The van der Waals surface area contributed by atoms with Crippen molar-refractivity contribution >= 4 is 11.9 Å². The number of benzene rings is 1. The molecule has 1 amide bonds. The summed E-state index contributed by atoms with van der Waals surface area (Å²) in [5.74, 6) is -2.07. The smallest absolute Gasteiger partial charge is 0.314 e. The lowest BCUT2D eigenvalue weighted by Crippen LogP contribution is -2.48. The first-order valence-electron chi connectivity index (χ1n) is 12.3. The quantitative estimate of drug-likeness (QED) is 0.539. The first kappa shape index (κ1) is 24.1. The van der Waals surface area contributed by atoms with E-state index in [1.807, 2.05) is 13.8 Å². The summed E-state index contributed by atoms with van der Waals surface area (Å²) >= 11 is 0. The van der Waals surface area contributed by atoms with Gasteiger partial charge in [0.05, 0.1) is 6.04 Å². The molecule has 2 aliphatic carbocycles. The standard InChI is InChI=1S/C25H31F3N4O3/c1-13(2)19-11-20(33)30-23-21(19)22(31-32(23)35-24(34)25(26,27)28)17-9-16(10-17)15-5-3-4-14(8-15)12-29-18-6-7-18/h3-5,8,13,16-19,22,29,31H,6-7,9-12H2,1-2H3,(H,30,33). The molecular formula is C25H31F3N4O3. The van der Waals surface area contributed by atoms with E-state index in [2.05, 4.69) is 45.2 Å². The van der Waals surface area contributed by atoms with E-state index in [-0.39, 0.29) is 41.9 Å². The van der Waals surface area contributed by atoms with Crippen molar-refractivity contribution in [3.63, 3.8) is 0 Å². The minimum absolute atomic E-state index is 0.0974. The van der Waals surface area contributed by atoms with Crippen LogP contribution in [0, 0.1) is 17.8 Å². The second-order valence-electron chi connectivity index (χ2n) is 10.5. The topological polar surface area (TPSA) is 82.7 Å². The average Bonchev–Trinajstić information content (AvgIpc) is 3.53. The second-order valence-corrected chi connectivity index (χ2v) is 10.5.